The molecule has 0 aliphatic heterocycles. The minimum absolute atomic E-state index is 0.0241. The fourth-order valence-corrected chi connectivity index (χ4v) is 3.01. The van der Waals surface area contributed by atoms with Gasteiger partial charge in [-0.2, -0.15) is 0 Å². The first kappa shape index (κ1) is 22.8. The van der Waals surface area contributed by atoms with E-state index in [4.69, 9.17) is 14.2 Å². The van der Waals surface area contributed by atoms with Gasteiger partial charge in [0.1, 0.15) is 0 Å². The average molecular weight is 400 g/mol. The summed E-state index contributed by atoms with van der Waals surface area (Å²) in [5.74, 6) is 1.46. The monoisotopic (exact) mass is 399 g/mol. The summed E-state index contributed by atoms with van der Waals surface area (Å²) in [7, 11) is 0. The Labute approximate surface area is 174 Å². The standard InChI is InChI=1S/C24H33NO4/c1-4-28-22-14-13-21(18-23(22)29-5-2)19(3)25-24(26)12-9-16-27-17-15-20-10-7-6-8-11-20/h6-8,10-11,13-14,18-19H,4-5,9,12,15-17H2,1-3H3,(H,25,26). The van der Waals surface area contributed by atoms with Gasteiger partial charge in [-0.15, -0.1) is 0 Å². The highest BCUT2D eigenvalue weighted by Crippen LogP contribution is 2.30. The fourth-order valence-electron chi connectivity index (χ4n) is 3.01. The molecule has 158 valence electrons. The van der Waals surface area contributed by atoms with Crippen molar-refractivity contribution in [3.8, 4) is 11.5 Å². The van der Waals surface area contributed by atoms with Crippen molar-refractivity contribution in [1.82, 2.24) is 5.32 Å². The van der Waals surface area contributed by atoms with Gasteiger partial charge in [0.05, 0.1) is 25.9 Å². The van der Waals surface area contributed by atoms with Gasteiger partial charge in [-0.25, -0.2) is 0 Å². The SMILES string of the molecule is CCOc1ccc(C(C)NC(=O)CCCOCCc2ccccc2)cc1OCC. The molecule has 1 N–H and O–H groups in total. The first-order valence-electron chi connectivity index (χ1n) is 10.4. The summed E-state index contributed by atoms with van der Waals surface area (Å²) in [4.78, 5) is 12.2. The smallest absolute Gasteiger partial charge is 0.220 e. The van der Waals surface area contributed by atoms with Gasteiger partial charge in [-0.05, 0) is 56.9 Å². The average Bonchev–Trinajstić information content (AvgIpc) is 2.73. The van der Waals surface area contributed by atoms with Crippen LogP contribution in [0.5, 0.6) is 11.5 Å². The lowest BCUT2D eigenvalue weighted by Crippen LogP contribution is -2.26. The summed E-state index contributed by atoms with van der Waals surface area (Å²) in [6.45, 7) is 8.27. The molecule has 0 heterocycles. The molecule has 2 aromatic rings. The van der Waals surface area contributed by atoms with Crippen LogP contribution in [-0.2, 0) is 16.0 Å². The van der Waals surface area contributed by atoms with Crippen molar-refractivity contribution in [3.63, 3.8) is 0 Å². The van der Waals surface area contributed by atoms with Crippen LogP contribution in [0.3, 0.4) is 0 Å². The van der Waals surface area contributed by atoms with Crippen molar-refractivity contribution in [2.75, 3.05) is 26.4 Å². The Morgan fingerprint density at radius 2 is 1.69 bits per heavy atom. The molecule has 5 nitrogen and oxygen atoms in total. The molecule has 0 fully saturated rings. The zero-order valence-corrected chi connectivity index (χ0v) is 17.8. The maximum atomic E-state index is 12.2. The van der Waals surface area contributed by atoms with Crippen LogP contribution in [0, 0.1) is 0 Å². The van der Waals surface area contributed by atoms with Crippen LogP contribution in [0.1, 0.15) is 50.8 Å². The molecule has 0 radical (unpaired) electrons. The highest BCUT2D eigenvalue weighted by molar-refractivity contribution is 5.76. The number of hydrogen-bond donors (Lipinski definition) is 1. The zero-order chi connectivity index (χ0) is 20.9. The van der Waals surface area contributed by atoms with Gasteiger partial charge in [0.15, 0.2) is 11.5 Å². The molecule has 0 bridgehead atoms. The van der Waals surface area contributed by atoms with Crippen LogP contribution < -0.4 is 14.8 Å². The first-order valence-corrected chi connectivity index (χ1v) is 10.4. The highest BCUT2D eigenvalue weighted by Gasteiger charge is 2.13. The third-order valence-corrected chi connectivity index (χ3v) is 4.52. The Morgan fingerprint density at radius 3 is 2.41 bits per heavy atom. The number of rotatable bonds is 13. The summed E-state index contributed by atoms with van der Waals surface area (Å²) in [5.41, 5.74) is 2.25. The summed E-state index contributed by atoms with van der Waals surface area (Å²) in [6.07, 6.45) is 2.05. The van der Waals surface area contributed by atoms with Crippen LogP contribution >= 0.6 is 0 Å². The molecular weight excluding hydrogens is 366 g/mol. The second kappa shape index (κ2) is 12.8. The maximum Gasteiger partial charge on any atom is 0.220 e. The Hall–Kier alpha value is -2.53. The van der Waals surface area contributed by atoms with Crippen LogP contribution in [0.2, 0.25) is 0 Å². The molecule has 1 amide bonds. The van der Waals surface area contributed by atoms with E-state index < -0.39 is 0 Å². The molecule has 2 aromatic carbocycles. The Balaban J connectivity index is 1.70. The number of nitrogens with one attached hydrogen (secondary N) is 1. The Bertz CT molecular complexity index is 733. The molecule has 1 atom stereocenters. The van der Waals surface area contributed by atoms with E-state index in [1.54, 1.807) is 0 Å². The van der Waals surface area contributed by atoms with E-state index in [1.165, 1.54) is 5.56 Å². The van der Waals surface area contributed by atoms with Gasteiger partial charge in [-0.1, -0.05) is 36.4 Å². The molecule has 1 unspecified atom stereocenters. The van der Waals surface area contributed by atoms with Crippen molar-refractivity contribution < 1.29 is 19.0 Å². The number of ether oxygens (including phenoxy) is 3. The van der Waals surface area contributed by atoms with Crippen LogP contribution in [0.4, 0.5) is 0 Å². The Kier molecular flexibility index (Phi) is 10.1. The number of amides is 1. The largest absolute Gasteiger partial charge is 0.490 e. The lowest BCUT2D eigenvalue weighted by molar-refractivity contribution is -0.122. The van der Waals surface area contributed by atoms with Gasteiger partial charge < -0.3 is 19.5 Å². The summed E-state index contributed by atoms with van der Waals surface area (Å²) >= 11 is 0. The number of carbonyl (C=O) groups excluding carboxylic acids is 1. The normalized spacial score (nSPS) is 11.7. The second-order valence-corrected chi connectivity index (χ2v) is 6.81. The third-order valence-electron chi connectivity index (χ3n) is 4.52. The topological polar surface area (TPSA) is 56.8 Å². The molecule has 5 heteroatoms. The molecule has 2 rings (SSSR count). The molecular formula is C24H33NO4. The van der Waals surface area contributed by atoms with Gasteiger partial charge >= 0.3 is 0 Å². The number of benzene rings is 2. The van der Waals surface area contributed by atoms with Gasteiger partial charge in [-0.3, -0.25) is 4.79 Å². The minimum atomic E-state index is -0.101. The van der Waals surface area contributed by atoms with Crippen molar-refractivity contribution in [2.24, 2.45) is 0 Å². The predicted molar refractivity (Wildman–Crippen MR) is 116 cm³/mol. The molecule has 29 heavy (non-hydrogen) atoms. The summed E-state index contributed by atoms with van der Waals surface area (Å²) in [5, 5.41) is 3.04. The molecule has 0 aliphatic carbocycles. The van der Waals surface area contributed by atoms with Crippen LogP contribution in [-0.4, -0.2) is 32.3 Å². The third kappa shape index (κ3) is 8.16. The first-order chi connectivity index (χ1) is 14.1. The highest BCUT2D eigenvalue weighted by atomic mass is 16.5. The number of carbonyl (C=O) groups is 1. The predicted octanol–water partition coefficient (Wildman–Crippen LogP) is 4.70. The fraction of sp³-hybridized carbons (Fsp3) is 0.458. The maximum absolute atomic E-state index is 12.2. The van der Waals surface area contributed by atoms with Crippen molar-refractivity contribution in [3.05, 3.63) is 59.7 Å². The molecule has 0 aromatic heterocycles. The van der Waals surface area contributed by atoms with Crippen LogP contribution in [0.25, 0.3) is 0 Å². The van der Waals surface area contributed by atoms with E-state index in [2.05, 4.69) is 17.4 Å². The van der Waals surface area contributed by atoms with Gasteiger partial charge in [0.2, 0.25) is 5.91 Å². The second-order valence-electron chi connectivity index (χ2n) is 6.81. The van der Waals surface area contributed by atoms with E-state index in [0.717, 1.165) is 17.7 Å². The quantitative estimate of drug-likeness (QED) is 0.496. The minimum Gasteiger partial charge on any atom is -0.490 e. The zero-order valence-electron chi connectivity index (χ0n) is 17.8. The Morgan fingerprint density at radius 1 is 0.966 bits per heavy atom. The number of hydrogen-bond acceptors (Lipinski definition) is 4. The van der Waals surface area contributed by atoms with Crippen molar-refractivity contribution in [1.29, 1.82) is 0 Å². The lowest BCUT2D eigenvalue weighted by Gasteiger charge is -2.17. The summed E-state index contributed by atoms with van der Waals surface area (Å²) < 4.78 is 16.9. The van der Waals surface area contributed by atoms with Crippen LogP contribution in [0.15, 0.2) is 48.5 Å². The lowest BCUT2D eigenvalue weighted by atomic mass is 10.1. The molecule has 0 saturated heterocycles. The van der Waals surface area contributed by atoms with E-state index in [0.29, 0.717) is 45.0 Å². The van der Waals surface area contributed by atoms with Gasteiger partial charge in [0.25, 0.3) is 0 Å². The molecule has 0 aliphatic rings. The van der Waals surface area contributed by atoms with E-state index >= 15 is 0 Å². The van der Waals surface area contributed by atoms with E-state index in [-0.39, 0.29) is 11.9 Å². The van der Waals surface area contributed by atoms with Gasteiger partial charge in [0, 0.05) is 13.0 Å². The summed E-state index contributed by atoms with van der Waals surface area (Å²) in [6, 6.07) is 16.0. The van der Waals surface area contributed by atoms with E-state index in [9.17, 15) is 4.79 Å². The van der Waals surface area contributed by atoms with E-state index in [1.807, 2.05) is 57.2 Å². The molecule has 0 saturated carbocycles. The molecule has 0 spiro atoms. The van der Waals surface area contributed by atoms with Crippen molar-refractivity contribution in [2.45, 2.75) is 46.1 Å². The van der Waals surface area contributed by atoms with Crippen molar-refractivity contribution >= 4 is 5.91 Å².